The van der Waals surface area contributed by atoms with Crippen LogP contribution in [0, 0.1) is 11.8 Å². The number of nitrogens with zero attached hydrogens (tertiary/aromatic N) is 2. The minimum atomic E-state index is -2.66. The minimum Gasteiger partial charge on any atom is -0.508 e. The Morgan fingerprint density at radius 3 is 2.46 bits per heavy atom. The molecule has 1 saturated heterocycles. The van der Waals surface area contributed by atoms with Crippen LogP contribution in [0.15, 0.2) is 23.0 Å². The fourth-order valence-electron chi connectivity index (χ4n) is 7.12. The summed E-state index contributed by atoms with van der Waals surface area (Å²) in [6.45, 7) is 5.70. The summed E-state index contributed by atoms with van der Waals surface area (Å²) in [6, 6.07) is 0.358. The van der Waals surface area contributed by atoms with Crippen LogP contribution in [0.4, 0.5) is 0 Å². The van der Waals surface area contributed by atoms with Crippen molar-refractivity contribution in [3.63, 3.8) is 0 Å². The molecule has 5 rings (SSSR count). The molecule has 11 heteroatoms. The zero-order chi connectivity index (χ0) is 28.8. The number of benzene rings is 1. The number of Topliss-reactive ketones (excluding diaryl/α,β-unsaturated/α-hetero) is 2. The van der Waals surface area contributed by atoms with Crippen molar-refractivity contribution in [2.75, 3.05) is 20.6 Å². The van der Waals surface area contributed by atoms with Gasteiger partial charge in [-0.05, 0) is 83.3 Å². The number of hydrogen-bond acceptors (Lipinski definition) is 9. The average Bonchev–Trinajstić information content (AvgIpc) is 3.16. The Bertz CT molecular complexity index is 1380. The first-order chi connectivity index (χ1) is 18.1. The molecule has 1 aromatic rings. The number of fused-ring (bicyclic) bond motifs is 3. The van der Waals surface area contributed by atoms with Crippen LogP contribution in [-0.4, -0.2) is 85.5 Å². The summed E-state index contributed by atoms with van der Waals surface area (Å²) in [4.78, 5) is 42.9. The molecule has 0 bridgehead atoms. The standard InChI is InChI=1S/C28H34ClN3O7/c1-27(2)6-5-7-32(27)11-13-10-16(33)18-14(20(13)29)8-12-9-15-21(31(3)4)23(35)19(26(30)38)25(37)28(15,39)24(36)17(12)22(18)34/h10,12,15,21,33-34,37,39H,5-9,11H2,1-4H3,(H2,30,38)/t12-,15-,21-,28-/m0/s1. The highest BCUT2D eigenvalue weighted by Gasteiger charge is 2.64. The molecule has 4 aliphatic rings. The molecule has 4 atom stereocenters. The first-order valence-electron chi connectivity index (χ1n) is 13.1. The zero-order valence-electron chi connectivity index (χ0n) is 22.4. The van der Waals surface area contributed by atoms with Crippen LogP contribution in [0.1, 0.15) is 49.8 Å². The van der Waals surface area contributed by atoms with E-state index in [-0.39, 0.29) is 35.3 Å². The predicted octanol–water partition coefficient (Wildman–Crippen LogP) is 1.99. The Morgan fingerprint density at radius 1 is 1.23 bits per heavy atom. The Hall–Kier alpha value is -2.92. The van der Waals surface area contributed by atoms with E-state index in [0.29, 0.717) is 22.7 Å². The van der Waals surface area contributed by atoms with Gasteiger partial charge in [0.15, 0.2) is 11.4 Å². The monoisotopic (exact) mass is 559 g/mol. The maximum atomic E-state index is 13.9. The molecule has 1 saturated carbocycles. The SMILES string of the molecule is CN(C)[C@@H]1C(=O)C(C(N)=O)=C(O)[C@@]2(O)C(=O)C3=C(O)c4c(O)cc(CN5CCCC5(C)C)c(Cl)c4C[C@H]3C[C@@H]12. The number of likely N-dealkylation sites (tertiary alicyclic amines) is 1. The second-order valence-corrected chi connectivity index (χ2v) is 12.4. The van der Waals surface area contributed by atoms with Gasteiger partial charge in [0.25, 0.3) is 5.91 Å². The highest BCUT2D eigenvalue weighted by molar-refractivity contribution is 6.32. The van der Waals surface area contributed by atoms with Crippen molar-refractivity contribution in [3.05, 3.63) is 44.7 Å². The lowest BCUT2D eigenvalue weighted by Gasteiger charge is -2.50. The third kappa shape index (κ3) is 3.83. The maximum absolute atomic E-state index is 13.9. The van der Waals surface area contributed by atoms with Crippen LogP contribution < -0.4 is 5.73 Å². The predicted molar refractivity (Wildman–Crippen MR) is 143 cm³/mol. The molecule has 1 heterocycles. The number of aliphatic hydroxyl groups excluding tert-OH is 2. The number of phenols is 1. The lowest BCUT2D eigenvalue weighted by Crippen LogP contribution is -2.65. The first kappa shape index (κ1) is 27.6. The van der Waals surface area contributed by atoms with Gasteiger partial charge in [-0.1, -0.05) is 11.6 Å². The van der Waals surface area contributed by atoms with E-state index in [0.717, 1.165) is 19.4 Å². The Balaban J connectivity index is 1.65. The van der Waals surface area contributed by atoms with E-state index in [1.54, 1.807) is 14.1 Å². The zero-order valence-corrected chi connectivity index (χ0v) is 23.2. The second kappa shape index (κ2) is 9.05. The van der Waals surface area contributed by atoms with E-state index < -0.39 is 58.0 Å². The summed E-state index contributed by atoms with van der Waals surface area (Å²) in [5.41, 5.74) is 2.81. The molecule has 0 spiro atoms. The number of rotatable bonds is 4. The number of carbonyl (C=O) groups excluding carboxylic acids is 3. The largest absolute Gasteiger partial charge is 0.508 e. The summed E-state index contributed by atoms with van der Waals surface area (Å²) < 4.78 is 0. The number of phenolic OH excluding ortho intramolecular Hbond substituents is 1. The van der Waals surface area contributed by atoms with Gasteiger partial charge in [0.2, 0.25) is 5.78 Å². The third-order valence-corrected chi connectivity index (χ3v) is 9.63. The average molecular weight is 560 g/mol. The quantitative estimate of drug-likeness (QED) is 0.347. The Kier molecular flexibility index (Phi) is 6.42. The number of ketones is 2. The second-order valence-electron chi connectivity index (χ2n) is 12.0. The van der Waals surface area contributed by atoms with E-state index in [9.17, 15) is 34.8 Å². The van der Waals surface area contributed by atoms with Crippen molar-refractivity contribution in [1.82, 2.24) is 9.80 Å². The van der Waals surface area contributed by atoms with E-state index >= 15 is 0 Å². The van der Waals surface area contributed by atoms with Gasteiger partial charge in [-0.15, -0.1) is 0 Å². The number of aromatic hydroxyl groups is 1. The van der Waals surface area contributed by atoms with Crippen molar-refractivity contribution >= 4 is 34.8 Å². The molecule has 0 radical (unpaired) electrons. The third-order valence-electron chi connectivity index (χ3n) is 9.16. The summed E-state index contributed by atoms with van der Waals surface area (Å²) in [6.07, 6.45) is 2.27. The van der Waals surface area contributed by atoms with E-state index in [1.807, 2.05) is 0 Å². The summed E-state index contributed by atoms with van der Waals surface area (Å²) >= 11 is 6.88. The molecule has 3 aliphatic carbocycles. The lowest BCUT2D eigenvalue weighted by atomic mass is 9.57. The van der Waals surface area contributed by atoms with Crippen molar-refractivity contribution in [2.24, 2.45) is 17.6 Å². The van der Waals surface area contributed by atoms with Gasteiger partial charge in [0.05, 0.1) is 11.6 Å². The van der Waals surface area contributed by atoms with Crippen molar-refractivity contribution in [2.45, 2.75) is 63.3 Å². The number of primary amides is 1. The number of hydrogen-bond donors (Lipinski definition) is 5. The van der Waals surface area contributed by atoms with Crippen LogP contribution in [0.5, 0.6) is 5.75 Å². The molecule has 1 aromatic carbocycles. The number of nitrogens with two attached hydrogens (primary N) is 1. The van der Waals surface area contributed by atoms with Gasteiger partial charge in [0.1, 0.15) is 22.8 Å². The van der Waals surface area contributed by atoms with Gasteiger partial charge in [-0.2, -0.15) is 0 Å². The molecule has 2 fully saturated rings. The number of halogens is 1. The summed E-state index contributed by atoms with van der Waals surface area (Å²) in [7, 11) is 3.13. The summed E-state index contributed by atoms with van der Waals surface area (Å²) in [5.74, 6) is -6.79. The molecule has 0 unspecified atom stereocenters. The fourth-order valence-corrected chi connectivity index (χ4v) is 7.41. The van der Waals surface area contributed by atoms with Gasteiger partial charge >= 0.3 is 0 Å². The van der Waals surface area contributed by atoms with Crippen LogP contribution in [0.25, 0.3) is 5.76 Å². The molecule has 10 nitrogen and oxygen atoms in total. The van der Waals surface area contributed by atoms with E-state index in [2.05, 4.69) is 18.7 Å². The van der Waals surface area contributed by atoms with Crippen LogP contribution in [0.2, 0.25) is 5.02 Å². The van der Waals surface area contributed by atoms with Gasteiger partial charge < -0.3 is 26.2 Å². The van der Waals surface area contributed by atoms with Crippen molar-refractivity contribution in [3.8, 4) is 5.75 Å². The van der Waals surface area contributed by atoms with Gasteiger partial charge in [-0.3, -0.25) is 24.2 Å². The van der Waals surface area contributed by atoms with Crippen molar-refractivity contribution in [1.29, 1.82) is 0 Å². The normalized spacial score (nSPS) is 30.5. The Labute approximate surface area is 231 Å². The molecule has 39 heavy (non-hydrogen) atoms. The fraction of sp³-hybridized carbons (Fsp3) is 0.536. The van der Waals surface area contributed by atoms with Crippen LogP contribution in [-0.2, 0) is 27.3 Å². The van der Waals surface area contributed by atoms with Crippen molar-refractivity contribution < 1.29 is 34.8 Å². The highest BCUT2D eigenvalue weighted by Crippen LogP contribution is 2.53. The smallest absolute Gasteiger partial charge is 0.255 e. The van der Waals surface area contributed by atoms with E-state index in [4.69, 9.17) is 17.3 Å². The topological polar surface area (TPSA) is 165 Å². The molecule has 0 aromatic heterocycles. The summed E-state index contributed by atoms with van der Waals surface area (Å²) in [5, 5.41) is 45.3. The lowest BCUT2D eigenvalue weighted by molar-refractivity contribution is -0.153. The molecule has 210 valence electrons. The first-order valence-corrected chi connectivity index (χ1v) is 13.4. The number of carbonyl (C=O) groups is 3. The number of likely N-dealkylation sites (N-methyl/N-ethyl adjacent to an activating group) is 1. The molecule has 1 amide bonds. The van der Waals surface area contributed by atoms with Gasteiger partial charge in [-0.25, -0.2) is 0 Å². The molecule has 6 N–H and O–H groups in total. The number of amides is 1. The molecule has 1 aliphatic heterocycles. The van der Waals surface area contributed by atoms with Gasteiger partial charge in [0, 0.05) is 28.6 Å². The Morgan fingerprint density at radius 2 is 1.90 bits per heavy atom. The van der Waals surface area contributed by atoms with Crippen LogP contribution >= 0.6 is 11.6 Å². The van der Waals surface area contributed by atoms with Crippen LogP contribution in [0.3, 0.4) is 0 Å². The molecular weight excluding hydrogens is 526 g/mol. The van der Waals surface area contributed by atoms with E-state index in [1.165, 1.54) is 11.0 Å². The number of aliphatic hydroxyl groups is 3. The highest BCUT2D eigenvalue weighted by atomic mass is 35.5. The molecular formula is C28H34ClN3O7. The minimum absolute atomic E-state index is 0.000668. The maximum Gasteiger partial charge on any atom is 0.255 e.